The molecular formula is C14H14N2O5. The highest BCUT2D eigenvalue weighted by Crippen LogP contribution is 2.17. The van der Waals surface area contributed by atoms with Crippen molar-refractivity contribution in [2.24, 2.45) is 0 Å². The molecule has 0 fully saturated rings. The Morgan fingerprint density at radius 2 is 2.14 bits per heavy atom. The first-order chi connectivity index (χ1) is 10.1. The summed E-state index contributed by atoms with van der Waals surface area (Å²) in [6.45, 7) is 0.218. The number of carbonyl (C=O) groups is 2. The molecule has 0 aliphatic heterocycles. The summed E-state index contributed by atoms with van der Waals surface area (Å²) >= 11 is 0. The highest BCUT2D eigenvalue weighted by molar-refractivity contribution is 6.03. The largest absolute Gasteiger partial charge is 0.481 e. The molecule has 7 heteroatoms. The zero-order valence-corrected chi connectivity index (χ0v) is 11.3. The smallest absolute Gasteiger partial charge is 0.307 e. The third-order valence-electron chi connectivity index (χ3n) is 2.69. The van der Waals surface area contributed by atoms with E-state index in [0.717, 1.165) is 0 Å². The molecule has 110 valence electrons. The monoisotopic (exact) mass is 290 g/mol. The summed E-state index contributed by atoms with van der Waals surface area (Å²) in [4.78, 5) is 22.8. The Balaban J connectivity index is 2.13. The summed E-state index contributed by atoms with van der Waals surface area (Å²) in [5.41, 5.74) is 1.05. The van der Waals surface area contributed by atoms with Crippen LogP contribution in [0.3, 0.4) is 0 Å². The number of anilines is 1. The van der Waals surface area contributed by atoms with E-state index in [9.17, 15) is 9.59 Å². The predicted molar refractivity (Wildman–Crippen MR) is 73.0 cm³/mol. The van der Waals surface area contributed by atoms with Gasteiger partial charge in [-0.15, -0.1) is 0 Å². The van der Waals surface area contributed by atoms with Crippen molar-refractivity contribution in [2.75, 3.05) is 12.4 Å². The maximum Gasteiger partial charge on any atom is 0.307 e. The van der Waals surface area contributed by atoms with Crippen molar-refractivity contribution in [3.63, 3.8) is 0 Å². The SMILES string of the molecule is COCc1cc(C(=O)Nc2ccccc2CC(=O)O)no1. The average Bonchev–Trinajstić information content (AvgIpc) is 2.89. The lowest BCUT2D eigenvalue weighted by molar-refractivity contribution is -0.136. The van der Waals surface area contributed by atoms with Gasteiger partial charge in [0.15, 0.2) is 11.5 Å². The zero-order chi connectivity index (χ0) is 15.2. The molecule has 0 saturated heterocycles. The van der Waals surface area contributed by atoms with E-state index >= 15 is 0 Å². The molecule has 1 heterocycles. The number of carboxylic acid groups (broad SMARTS) is 1. The Morgan fingerprint density at radius 1 is 1.38 bits per heavy atom. The molecule has 0 unspecified atom stereocenters. The van der Waals surface area contributed by atoms with Gasteiger partial charge in [-0.05, 0) is 11.6 Å². The molecule has 1 aromatic heterocycles. The van der Waals surface area contributed by atoms with Crippen LogP contribution in [0.4, 0.5) is 5.69 Å². The molecule has 1 aromatic carbocycles. The van der Waals surface area contributed by atoms with Gasteiger partial charge in [-0.25, -0.2) is 0 Å². The predicted octanol–water partition coefficient (Wildman–Crippen LogP) is 1.70. The van der Waals surface area contributed by atoms with E-state index in [-0.39, 0.29) is 18.7 Å². The maximum atomic E-state index is 12.0. The van der Waals surface area contributed by atoms with E-state index in [1.807, 2.05) is 0 Å². The second kappa shape index (κ2) is 6.67. The number of para-hydroxylation sites is 1. The molecule has 21 heavy (non-hydrogen) atoms. The van der Waals surface area contributed by atoms with Gasteiger partial charge in [0.2, 0.25) is 0 Å². The van der Waals surface area contributed by atoms with Crippen molar-refractivity contribution in [2.45, 2.75) is 13.0 Å². The van der Waals surface area contributed by atoms with E-state index in [1.165, 1.54) is 13.2 Å². The van der Waals surface area contributed by atoms with E-state index in [2.05, 4.69) is 10.5 Å². The average molecular weight is 290 g/mol. The number of methoxy groups -OCH3 is 1. The Bertz CT molecular complexity index is 650. The minimum atomic E-state index is -0.972. The van der Waals surface area contributed by atoms with Crippen LogP contribution in [0.2, 0.25) is 0 Å². The first-order valence-corrected chi connectivity index (χ1v) is 6.15. The fourth-order valence-corrected chi connectivity index (χ4v) is 1.78. The maximum absolute atomic E-state index is 12.0. The topological polar surface area (TPSA) is 102 Å². The fourth-order valence-electron chi connectivity index (χ4n) is 1.78. The lowest BCUT2D eigenvalue weighted by atomic mass is 10.1. The van der Waals surface area contributed by atoms with Gasteiger partial charge in [0.05, 0.1) is 6.42 Å². The first kappa shape index (κ1) is 14.7. The zero-order valence-electron chi connectivity index (χ0n) is 11.3. The highest BCUT2D eigenvalue weighted by atomic mass is 16.5. The van der Waals surface area contributed by atoms with Crippen molar-refractivity contribution >= 4 is 17.6 Å². The number of aromatic nitrogens is 1. The van der Waals surface area contributed by atoms with Gasteiger partial charge in [0.1, 0.15) is 6.61 Å². The first-order valence-electron chi connectivity index (χ1n) is 6.15. The van der Waals surface area contributed by atoms with Gasteiger partial charge in [-0.3, -0.25) is 9.59 Å². The number of rotatable bonds is 6. The lowest BCUT2D eigenvalue weighted by Crippen LogP contribution is -2.14. The minimum absolute atomic E-state index is 0.104. The van der Waals surface area contributed by atoms with E-state index in [1.54, 1.807) is 24.3 Å². The number of nitrogens with one attached hydrogen (secondary N) is 1. The fraction of sp³-hybridized carbons (Fsp3) is 0.214. The molecule has 2 rings (SSSR count). The summed E-state index contributed by atoms with van der Waals surface area (Å²) in [6.07, 6.45) is -0.176. The highest BCUT2D eigenvalue weighted by Gasteiger charge is 2.15. The van der Waals surface area contributed by atoms with Crippen LogP contribution in [-0.2, 0) is 22.6 Å². The minimum Gasteiger partial charge on any atom is -0.481 e. The molecule has 0 spiro atoms. The number of benzene rings is 1. The van der Waals surface area contributed by atoms with E-state index in [0.29, 0.717) is 17.0 Å². The summed E-state index contributed by atoms with van der Waals surface area (Å²) in [5, 5.41) is 15.1. The quantitative estimate of drug-likeness (QED) is 0.839. The van der Waals surface area contributed by atoms with Crippen molar-refractivity contribution in [3.8, 4) is 0 Å². The van der Waals surface area contributed by atoms with Crippen LogP contribution in [0, 0.1) is 0 Å². The number of carboxylic acids is 1. The second-order valence-electron chi connectivity index (χ2n) is 4.29. The Kier molecular flexibility index (Phi) is 4.68. The summed E-state index contributed by atoms with van der Waals surface area (Å²) in [5.74, 6) is -1.01. The number of carbonyl (C=O) groups excluding carboxylic acids is 1. The molecule has 2 aromatic rings. The summed E-state index contributed by atoms with van der Waals surface area (Å²) < 4.78 is 9.80. The molecule has 0 aliphatic carbocycles. The van der Waals surface area contributed by atoms with Gasteiger partial charge in [0.25, 0.3) is 5.91 Å². The van der Waals surface area contributed by atoms with Gasteiger partial charge in [-0.1, -0.05) is 23.4 Å². The number of hydrogen-bond donors (Lipinski definition) is 2. The third kappa shape index (κ3) is 3.90. The molecule has 7 nitrogen and oxygen atoms in total. The number of aliphatic carboxylic acids is 1. The lowest BCUT2D eigenvalue weighted by Gasteiger charge is -2.08. The van der Waals surface area contributed by atoms with Gasteiger partial charge in [-0.2, -0.15) is 0 Å². The number of ether oxygens (including phenoxy) is 1. The molecule has 0 radical (unpaired) electrons. The van der Waals surface area contributed by atoms with Crippen LogP contribution in [0.1, 0.15) is 21.8 Å². The van der Waals surface area contributed by atoms with Gasteiger partial charge in [0, 0.05) is 18.9 Å². The van der Waals surface area contributed by atoms with E-state index in [4.69, 9.17) is 14.4 Å². The third-order valence-corrected chi connectivity index (χ3v) is 2.69. The molecule has 0 atom stereocenters. The molecular weight excluding hydrogens is 276 g/mol. The standard InChI is InChI=1S/C14H14N2O5/c1-20-8-10-7-12(16-21-10)14(19)15-11-5-3-2-4-9(11)6-13(17)18/h2-5,7H,6,8H2,1H3,(H,15,19)(H,17,18). The molecule has 1 amide bonds. The van der Waals surface area contributed by atoms with Crippen molar-refractivity contribution < 1.29 is 24.0 Å². The second-order valence-corrected chi connectivity index (χ2v) is 4.29. The Labute approximate surface area is 120 Å². The molecule has 0 bridgehead atoms. The number of amides is 1. The van der Waals surface area contributed by atoms with Crippen molar-refractivity contribution in [1.82, 2.24) is 5.16 Å². The Morgan fingerprint density at radius 3 is 2.86 bits per heavy atom. The number of hydrogen-bond acceptors (Lipinski definition) is 5. The molecule has 0 saturated carbocycles. The van der Waals surface area contributed by atoms with Crippen LogP contribution in [0.5, 0.6) is 0 Å². The van der Waals surface area contributed by atoms with Crippen LogP contribution in [0.15, 0.2) is 34.9 Å². The number of nitrogens with zero attached hydrogens (tertiary/aromatic N) is 1. The van der Waals surface area contributed by atoms with Crippen molar-refractivity contribution in [3.05, 3.63) is 47.3 Å². The van der Waals surface area contributed by atoms with Crippen LogP contribution >= 0.6 is 0 Å². The molecule has 0 aliphatic rings. The summed E-state index contributed by atoms with van der Waals surface area (Å²) in [6, 6.07) is 8.16. The van der Waals surface area contributed by atoms with Crippen molar-refractivity contribution in [1.29, 1.82) is 0 Å². The van der Waals surface area contributed by atoms with E-state index < -0.39 is 11.9 Å². The summed E-state index contributed by atoms with van der Waals surface area (Å²) in [7, 11) is 1.50. The van der Waals surface area contributed by atoms with Crippen LogP contribution < -0.4 is 5.32 Å². The molecule has 2 N–H and O–H groups in total. The van der Waals surface area contributed by atoms with Crippen LogP contribution in [-0.4, -0.2) is 29.2 Å². The Hall–Kier alpha value is -2.67. The van der Waals surface area contributed by atoms with Gasteiger partial charge >= 0.3 is 5.97 Å². The normalized spacial score (nSPS) is 10.3. The van der Waals surface area contributed by atoms with Gasteiger partial charge < -0.3 is 19.7 Å². The van der Waals surface area contributed by atoms with Crippen LogP contribution in [0.25, 0.3) is 0 Å².